The topological polar surface area (TPSA) is 295 Å². The SMILES string of the molecule is C[C@H]1O[C@@H]2O[C@H](CO[C@H]3O[C@H](COC(=O)c4ccccc4)[C@@H](OC(=O)c4ccccc4)[C@H](OC(=O)c4ccccc4)[C@@H]3OC(=O)c3ccccc3)[C@@H](O)[C@H](O[C@H]3O[C@H](COC(=O)c4ccccc4)[C@@H](OC(=O)c4ccccc4)[C@H](OC(=O)c4ccccc4)[C@@H]3OC(=O)c3ccccc3)[C@@H]2O1. The molecule has 4 saturated heterocycles. The van der Waals surface area contributed by atoms with Crippen LogP contribution in [0.2, 0.25) is 0 Å². The Balaban J connectivity index is 0.913. The zero-order valence-electron chi connectivity index (χ0n) is 53.3. The van der Waals surface area contributed by atoms with Gasteiger partial charge in [-0.15, -0.1) is 0 Å². The van der Waals surface area contributed by atoms with Crippen LogP contribution in [0.5, 0.6) is 0 Å². The van der Waals surface area contributed by atoms with E-state index >= 15 is 0 Å². The van der Waals surface area contributed by atoms with E-state index in [1.165, 1.54) is 104 Å². The van der Waals surface area contributed by atoms with Crippen LogP contribution in [0.1, 0.15) is 89.8 Å². The van der Waals surface area contributed by atoms with Gasteiger partial charge < -0.3 is 76.2 Å². The van der Waals surface area contributed by atoms with Gasteiger partial charge in [-0.2, -0.15) is 0 Å². The second-order valence-corrected chi connectivity index (χ2v) is 23.2. The van der Waals surface area contributed by atoms with Crippen molar-refractivity contribution in [1.82, 2.24) is 0 Å². The number of hydrogen-bond acceptors (Lipinski definition) is 24. The Labute approximate surface area is 572 Å². The van der Waals surface area contributed by atoms with Gasteiger partial charge in [0.2, 0.25) is 0 Å². The molecule has 4 aliphatic rings. The van der Waals surface area contributed by atoms with Crippen molar-refractivity contribution >= 4 is 47.8 Å². The Kier molecular flexibility index (Phi) is 22.6. The molecule has 0 spiro atoms. The standard InChI is InChI=1S/C76H66O24/c1-45-89-63-60(100-76-65(99-73(85)53-40-24-9-25-41-53)62(97-71(83)51-36-20-7-21-37-51)59(95-69(81)49-32-16-5-17-33-49)56(93-76)44-87-67(79)47-28-12-3-13-29-47)57(77)54(91-75(63)90-45)42-88-74-64(98-72(84)52-38-22-8-23-39-52)61(96-70(82)50-34-18-6-19-35-50)58(94-68(80)48-30-14-4-15-31-48)55(92-74)43-86-66(78)46-26-10-2-11-27-46/h2-41,45,54-65,74-77H,42-44H2,1H3/t45-,54-,55-,56-,57-,58-,59-,60+,61+,62+,63+,64+,65+,74+,75-,76-/m1/s1. The molecule has 24 nitrogen and oxygen atoms in total. The number of carbonyl (C=O) groups is 8. The first-order valence-corrected chi connectivity index (χ1v) is 32.0. The molecule has 8 aromatic rings. The summed E-state index contributed by atoms with van der Waals surface area (Å²) in [6.07, 6.45) is -27.3. The first kappa shape index (κ1) is 69.1. The highest BCUT2D eigenvalue weighted by molar-refractivity contribution is 5.93. The summed E-state index contributed by atoms with van der Waals surface area (Å²) in [4.78, 5) is 114. The third-order valence-corrected chi connectivity index (χ3v) is 16.5. The van der Waals surface area contributed by atoms with Crippen molar-refractivity contribution in [2.45, 2.75) is 105 Å². The van der Waals surface area contributed by atoms with E-state index in [9.17, 15) is 43.5 Å². The third kappa shape index (κ3) is 16.8. The Morgan fingerprint density at radius 2 is 0.580 bits per heavy atom. The fraction of sp³-hybridized carbons (Fsp3) is 0.263. The maximum absolute atomic E-state index is 14.6. The summed E-state index contributed by atoms with van der Waals surface area (Å²) in [6, 6.07) is 62.3. The van der Waals surface area contributed by atoms with Gasteiger partial charge in [0, 0.05) is 0 Å². The molecule has 0 radical (unpaired) electrons. The third-order valence-electron chi connectivity index (χ3n) is 16.5. The van der Waals surface area contributed by atoms with Gasteiger partial charge in [-0.3, -0.25) is 0 Å². The number of benzene rings is 8. The summed E-state index contributed by atoms with van der Waals surface area (Å²) in [5, 5.41) is 12.9. The van der Waals surface area contributed by atoms with Crippen LogP contribution in [0, 0.1) is 0 Å². The van der Waals surface area contributed by atoms with E-state index < -0.39 is 166 Å². The van der Waals surface area contributed by atoms with Gasteiger partial charge in [0.15, 0.2) is 61.8 Å². The lowest BCUT2D eigenvalue weighted by atomic mass is 9.96. The maximum Gasteiger partial charge on any atom is 0.338 e. The molecule has 4 fully saturated rings. The fourth-order valence-electron chi connectivity index (χ4n) is 11.5. The van der Waals surface area contributed by atoms with Crippen LogP contribution in [-0.4, -0.2) is 171 Å². The number of aliphatic hydroxyl groups excluding tert-OH is 1. The Morgan fingerprint density at radius 3 is 0.910 bits per heavy atom. The molecule has 0 unspecified atom stereocenters. The van der Waals surface area contributed by atoms with Gasteiger partial charge >= 0.3 is 47.8 Å². The minimum absolute atomic E-state index is 0.00267. The highest BCUT2D eigenvalue weighted by atomic mass is 16.8. The van der Waals surface area contributed by atoms with Gasteiger partial charge in [0.25, 0.3) is 0 Å². The minimum Gasteiger partial charge on any atom is -0.459 e. The van der Waals surface area contributed by atoms with Crippen LogP contribution in [0.15, 0.2) is 243 Å². The van der Waals surface area contributed by atoms with E-state index in [2.05, 4.69) is 0 Å². The normalized spacial score (nSPS) is 26.0. The van der Waals surface area contributed by atoms with Crippen molar-refractivity contribution in [2.75, 3.05) is 19.8 Å². The lowest BCUT2D eigenvalue weighted by molar-refractivity contribution is -0.348. The number of esters is 8. The summed E-state index contributed by atoms with van der Waals surface area (Å²) in [7, 11) is 0. The van der Waals surface area contributed by atoms with Crippen LogP contribution in [0.3, 0.4) is 0 Å². The predicted octanol–water partition coefficient (Wildman–Crippen LogP) is 8.75. The summed E-state index contributed by atoms with van der Waals surface area (Å²) in [6.45, 7) is -0.667. The zero-order chi connectivity index (χ0) is 69.5. The monoisotopic (exact) mass is 1360 g/mol. The van der Waals surface area contributed by atoms with Crippen molar-refractivity contribution < 1.29 is 115 Å². The van der Waals surface area contributed by atoms with Gasteiger partial charge in [-0.25, -0.2) is 38.4 Å². The molecule has 4 heterocycles. The van der Waals surface area contributed by atoms with E-state index in [1.807, 2.05) is 0 Å². The molecule has 100 heavy (non-hydrogen) atoms. The molecule has 12 rings (SSSR count). The number of aliphatic hydroxyl groups is 1. The summed E-state index contributed by atoms with van der Waals surface area (Å²) < 4.78 is 94.8. The van der Waals surface area contributed by atoms with E-state index in [0.717, 1.165) is 0 Å². The van der Waals surface area contributed by atoms with Crippen LogP contribution >= 0.6 is 0 Å². The highest BCUT2D eigenvalue weighted by Gasteiger charge is 2.60. The molecule has 24 heteroatoms. The average molecular weight is 1360 g/mol. The number of ether oxygens (including phenoxy) is 15. The Morgan fingerprint density at radius 1 is 0.300 bits per heavy atom. The number of hydrogen-bond donors (Lipinski definition) is 1. The van der Waals surface area contributed by atoms with Gasteiger partial charge in [0.1, 0.15) is 49.8 Å². The van der Waals surface area contributed by atoms with E-state index in [1.54, 1.807) is 146 Å². The molecule has 514 valence electrons. The van der Waals surface area contributed by atoms with Crippen LogP contribution in [0.4, 0.5) is 0 Å². The van der Waals surface area contributed by atoms with Crippen molar-refractivity contribution in [1.29, 1.82) is 0 Å². The minimum atomic E-state index is -1.99. The fourth-order valence-corrected chi connectivity index (χ4v) is 11.5. The lowest BCUT2D eigenvalue weighted by Crippen LogP contribution is -2.66. The van der Waals surface area contributed by atoms with Crippen molar-refractivity contribution in [2.24, 2.45) is 0 Å². The largest absolute Gasteiger partial charge is 0.459 e. The Bertz CT molecular complexity index is 4070. The predicted molar refractivity (Wildman–Crippen MR) is 346 cm³/mol. The molecule has 0 amide bonds. The molecule has 0 saturated carbocycles. The molecule has 1 N–H and O–H groups in total. The summed E-state index contributed by atoms with van der Waals surface area (Å²) in [5.41, 5.74) is 0.404. The first-order chi connectivity index (χ1) is 48.7. The molecule has 0 aromatic heterocycles. The highest BCUT2D eigenvalue weighted by Crippen LogP contribution is 2.39. The average Bonchev–Trinajstić information content (AvgIpc) is 1.18. The van der Waals surface area contributed by atoms with Crippen molar-refractivity contribution in [3.63, 3.8) is 0 Å². The smallest absolute Gasteiger partial charge is 0.338 e. The van der Waals surface area contributed by atoms with Crippen molar-refractivity contribution in [3.05, 3.63) is 287 Å². The van der Waals surface area contributed by atoms with E-state index in [-0.39, 0.29) is 44.5 Å². The molecule has 0 aliphatic carbocycles. The van der Waals surface area contributed by atoms with E-state index in [0.29, 0.717) is 0 Å². The van der Waals surface area contributed by atoms with Crippen LogP contribution in [0.25, 0.3) is 0 Å². The second kappa shape index (κ2) is 32.7. The molecule has 8 aromatic carbocycles. The second-order valence-electron chi connectivity index (χ2n) is 23.2. The van der Waals surface area contributed by atoms with Crippen LogP contribution < -0.4 is 0 Å². The van der Waals surface area contributed by atoms with Gasteiger partial charge in [-0.05, 0) is 104 Å². The van der Waals surface area contributed by atoms with Gasteiger partial charge in [-0.1, -0.05) is 146 Å². The molecule has 16 atom stereocenters. The van der Waals surface area contributed by atoms with Crippen molar-refractivity contribution in [3.8, 4) is 0 Å². The molecular weight excluding hydrogens is 1300 g/mol. The molecular formula is C76H66O24. The van der Waals surface area contributed by atoms with Gasteiger partial charge in [0.05, 0.1) is 51.1 Å². The first-order valence-electron chi connectivity index (χ1n) is 32.0. The molecule has 0 bridgehead atoms. The quantitative estimate of drug-likeness (QED) is 0.0462. The maximum atomic E-state index is 14.6. The van der Waals surface area contributed by atoms with E-state index in [4.69, 9.17) is 71.1 Å². The Hall–Kier alpha value is -10.8. The number of carbonyl (C=O) groups excluding carboxylic acids is 8. The summed E-state index contributed by atoms with van der Waals surface area (Å²) in [5.74, 6) is -7.56. The van der Waals surface area contributed by atoms with Crippen LogP contribution in [-0.2, 0) is 71.1 Å². The zero-order valence-corrected chi connectivity index (χ0v) is 53.3. The number of fused-ring (bicyclic) bond motifs is 1. The number of rotatable bonds is 23. The lowest BCUT2D eigenvalue weighted by Gasteiger charge is -2.47. The summed E-state index contributed by atoms with van der Waals surface area (Å²) >= 11 is 0. The molecule has 4 aliphatic heterocycles.